The van der Waals surface area contributed by atoms with Crippen molar-refractivity contribution in [2.75, 3.05) is 26.2 Å². The van der Waals surface area contributed by atoms with Gasteiger partial charge in [-0.05, 0) is 39.2 Å². The number of likely N-dealkylation sites (tertiary alicyclic amines) is 1. The second kappa shape index (κ2) is 5.30. The van der Waals surface area contributed by atoms with Crippen LogP contribution in [-0.4, -0.2) is 42.7 Å². The number of hydrogen-bond acceptors (Lipinski definition) is 3. The minimum Gasteiger partial charge on any atom is -0.329 e. The molecule has 1 aliphatic carbocycles. The topological polar surface area (TPSA) is 41.3 Å². The molecule has 1 atom stereocenters. The maximum atomic E-state index is 5.96. The highest BCUT2D eigenvalue weighted by atomic mass is 15.3. The van der Waals surface area contributed by atoms with Gasteiger partial charge in [0.05, 0.1) is 0 Å². The first-order valence-electron chi connectivity index (χ1n) is 6.60. The summed E-state index contributed by atoms with van der Waals surface area (Å²) in [7, 11) is 0. The second-order valence-electron chi connectivity index (χ2n) is 5.22. The Morgan fingerprint density at radius 3 is 2.94 bits per heavy atom. The zero-order valence-corrected chi connectivity index (χ0v) is 10.4. The highest BCUT2D eigenvalue weighted by Gasteiger charge is 2.41. The third-order valence-corrected chi connectivity index (χ3v) is 3.88. The van der Waals surface area contributed by atoms with Crippen molar-refractivity contribution in [2.24, 2.45) is 5.73 Å². The summed E-state index contributed by atoms with van der Waals surface area (Å²) in [4.78, 5) is 2.62. The lowest BCUT2D eigenvalue weighted by molar-refractivity contribution is 0.277. The summed E-state index contributed by atoms with van der Waals surface area (Å²) in [5.74, 6) is 0. The largest absolute Gasteiger partial charge is 0.329 e. The van der Waals surface area contributed by atoms with Crippen LogP contribution >= 0.6 is 0 Å². The van der Waals surface area contributed by atoms with Gasteiger partial charge in [0.1, 0.15) is 0 Å². The molecule has 16 heavy (non-hydrogen) atoms. The van der Waals surface area contributed by atoms with E-state index in [2.05, 4.69) is 29.3 Å². The molecule has 0 spiro atoms. The van der Waals surface area contributed by atoms with Gasteiger partial charge >= 0.3 is 0 Å². The fourth-order valence-electron chi connectivity index (χ4n) is 2.63. The van der Waals surface area contributed by atoms with E-state index < -0.39 is 0 Å². The average Bonchev–Trinajstić information content (AvgIpc) is 3.07. The molecule has 2 fully saturated rings. The first-order chi connectivity index (χ1) is 7.79. The molecule has 0 aromatic rings. The average molecular weight is 223 g/mol. The van der Waals surface area contributed by atoms with Gasteiger partial charge in [-0.3, -0.25) is 4.90 Å². The van der Waals surface area contributed by atoms with Gasteiger partial charge in [0, 0.05) is 31.2 Å². The standard InChI is InChI=1S/C13H25N3/c1-2-3-4-8-15-13(10-14)7-9-16(11-13)12-5-6-12/h2-3,12,15H,4-11,14H2,1H3/b3-2+. The maximum Gasteiger partial charge on any atom is 0.0445 e. The molecule has 1 aliphatic heterocycles. The van der Waals surface area contributed by atoms with Gasteiger partial charge in [0.15, 0.2) is 0 Å². The molecule has 0 amide bonds. The lowest BCUT2D eigenvalue weighted by Gasteiger charge is -2.29. The highest BCUT2D eigenvalue weighted by molar-refractivity contribution is 5.02. The minimum atomic E-state index is 0.199. The van der Waals surface area contributed by atoms with E-state index in [9.17, 15) is 0 Å². The third-order valence-electron chi connectivity index (χ3n) is 3.88. The highest BCUT2D eigenvalue weighted by Crippen LogP contribution is 2.33. The molecule has 1 saturated carbocycles. The molecule has 2 rings (SSSR count). The lowest BCUT2D eigenvalue weighted by atomic mass is 9.99. The number of allylic oxidation sites excluding steroid dienone is 1. The summed E-state index contributed by atoms with van der Waals surface area (Å²) in [5, 5.41) is 3.67. The number of nitrogens with one attached hydrogen (secondary N) is 1. The smallest absolute Gasteiger partial charge is 0.0445 e. The molecule has 0 bridgehead atoms. The van der Waals surface area contributed by atoms with Gasteiger partial charge in [-0.15, -0.1) is 0 Å². The molecular weight excluding hydrogens is 198 g/mol. The zero-order chi connectivity index (χ0) is 11.4. The van der Waals surface area contributed by atoms with Crippen LogP contribution in [0.5, 0.6) is 0 Å². The Hall–Kier alpha value is -0.380. The van der Waals surface area contributed by atoms with Gasteiger partial charge in [0.25, 0.3) is 0 Å². The monoisotopic (exact) mass is 223 g/mol. The summed E-state index contributed by atoms with van der Waals surface area (Å²) >= 11 is 0. The molecule has 1 heterocycles. The van der Waals surface area contributed by atoms with Crippen LogP contribution in [0.15, 0.2) is 12.2 Å². The molecule has 1 unspecified atom stereocenters. The Bertz CT molecular complexity index is 248. The van der Waals surface area contributed by atoms with Crippen LogP contribution in [0, 0.1) is 0 Å². The zero-order valence-electron chi connectivity index (χ0n) is 10.4. The Kier molecular flexibility index (Phi) is 4.00. The van der Waals surface area contributed by atoms with Crippen LogP contribution in [0.4, 0.5) is 0 Å². The second-order valence-corrected chi connectivity index (χ2v) is 5.22. The molecular formula is C13H25N3. The van der Waals surface area contributed by atoms with Crippen LogP contribution in [0.2, 0.25) is 0 Å². The van der Waals surface area contributed by atoms with Gasteiger partial charge in [-0.25, -0.2) is 0 Å². The lowest BCUT2D eigenvalue weighted by Crippen LogP contribution is -2.53. The van der Waals surface area contributed by atoms with Crippen molar-refractivity contribution >= 4 is 0 Å². The van der Waals surface area contributed by atoms with Gasteiger partial charge < -0.3 is 11.1 Å². The predicted octanol–water partition coefficient (Wildman–Crippen LogP) is 1.11. The summed E-state index contributed by atoms with van der Waals surface area (Å²) in [5.41, 5.74) is 6.16. The molecule has 3 nitrogen and oxygen atoms in total. The SMILES string of the molecule is C/C=C/CCNC1(CN)CCN(C2CC2)C1. The van der Waals surface area contributed by atoms with Crippen molar-refractivity contribution in [1.29, 1.82) is 0 Å². The third kappa shape index (κ3) is 2.84. The first-order valence-corrected chi connectivity index (χ1v) is 6.60. The predicted molar refractivity (Wildman–Crippen MR) is 68.4 cm³/mol. The molecule has 0 radical (unpaired) electrons. The van der Waals surface area contributed by atoms with E-state index in [1.165, 1.54) is 25.8 Å². The Morgan fingerprint density at radius 2 is 2.31 bits per heavy atom. The van der Waals surface area contributed by atoms with Crippen molar-refractivity contribution in [3.63, 3.8) is 0 Å². The number of rotatable bonds is 6. The van der Waals surface area contributed by atoms with Crippen molar-refractivity contribution in [3.05, 3.63) is 12.2 Å². The van der Waals surface area contributed by atoms with E-state index >= 15 is 0 Å². The fraction of sp³-hybridized carbons (Fsp3) is 0.846. The maximum absolute atomic E-state index is 5.96. The molecule has 3 heteroatoms. The molecule has 3 N–H and O–H groups in total. The first kappa shape index (κ1) is 12.1. The van der Waals surface area contributed by atoms with Crippen LogP contribution in [0.25, 0.3) is 0 Å². The summed E-state index contributed by atoms with van der Waals surface area (Å²) < 4.78 is 0. The Balaban J connectivity index is 1.78. The quantitative estimate of drug-likeness (QED) is 0.523. The fourth-order valence-corrected chi connectivity index (χ4v) is 2.63. The van der Waals surface area contributed by atoms with Crippen LogP contribution < -0.4 is 11.1 Å². The van der Waals surface area contributed by atoms with Crippen LogP contribution in [0.1, 0.15) is 32.6 Å². The normalized spacial score (nSPS) is 31.6. The van der Waals surface area contributed by atoms with E-state index in [-0.39, 0.29) is 5.54 Å². The number of nitrogens with zero attached hydrogens (tertiary/aromatic N) is 1. The van der Waals surface area contributed by atoms with Crippen LogP contribution in [-0.2, 0) is 0 Å². The van der Waals surface area contributed by atoms with Gasteiger partial charge in [-0.1, -0.05) is 12.2 Å². The van der Waals surface area contributed by atoms with E-state index in [0.717, 1.165) is 32.1 Å². The van der Waals surface area contributed by atoms with E-state index in [4.69, 9.17) is 5.73 Å². The Labute approximate surface area is 99.1 Å². The Morgan fingerprint density at radius 1 is 1.50 bits per heavy atom. The van der Waals surface area contributed by atoms with Gasteiger partial charge in [0.2, 0.25) is 0 Å². The van der Waals surface area contributed by atoms with Crippen LogP contribution in [0.3, 0.4) is 0 Å². The summed E-state index contributed by atoms with van der Waals surface area (Å²) in [6.45, 7) is 6.29. The van der Waals surface area contributed by atoms with E-state index in [0.29, 0.717) is 0 Å². The van der Waals surface area contributed by atoms with E-state index in [1.807, 2.05) is 0 Å². The summed E-state index contributed by atoms with van der Waals surface area (Å²) in [6.07, 6.45) is 9.46. The van der Waals surface area contributed by atoms with Crippen molar-refractivity contribution < 1.29 is 0 Å². The van der Waals surface area contributed by atoms with Gasteiger partial charge in [-0.2, -0.15) is 0 Å². The minimum absolute atomic E-state index is 0.199. The number of nitrogens with two attached hydrogens (primary N) is 1. The molecule has 92 valence electrons. The van der Waals surface area contributed by atoms with Crippen molar-refractivity contribution in [2.45, 2.75) is 44.2 Å². The van der Waals surface area contributed by atoms with Crippen molar-refractivity contribution in [1.82, 2.24) is 10.2 Å². The number of hydrogen-bond donors (Lipinski definition) is 2. The van der Waals surface area contributed by atoms with E-state index in [1.54, 1.807) is 0 Å². The molecule has 2 aliphatic rings. The molecule has 0 aromatic heterocycles. The summed E-state index contributed by atoms with van der Waals surface area (Å²) in [6, 6.07) is 0.880. The van der Waals surface area contributed by atoms with Crippen molar-refractivity contribution in [3.8, 4) is 0 Å². The molecule has 0 aromatic carbocycles. The molecule has 1 saturated heterocycles.